The van der Waals surface area contributed by atoms with Crippen LogP contribution in [0.5, 0.6) is 0 Å². The molecule has 2 amide bonds. The lowest BCUT2D eigenvalue weighted by Gasteiger charge is -2.10. The first kappa shape index (κ1) is 10.9. The van der Waals surface area contributed by atoms with Gasteiger partial charge in [-0.2, -0.15) is 0 Å². The first-order valence-electron chi connectivity index (χ1n) is 3.80. The molecule has 4 N–H and O–H groups in total. The fraction of sp³-hybridized carbons (Fsp3) is 0.714. The van der Waals surface area contributed by atoms with Crippen LogP contribution in [0.2, 0.25) is 0 Å². The van der Waals surface area contributed by atoms with Crippen molar-refractivity contribution in [2.45, 2.75) is 26.8 Å². The van der Waals surface area contributed by atoms with E-state index in [1.165, 1.54) is 6.92 Å². The molecule has 0 saturated heterocycles. The molecule has 5 heteroatoms. The Morgan fingerprint density at radius 2 is 1.50 bits per heavy atom. The van der Waals surface area contributed by atoms with Crippen LogP contribution in [-0.4, -0.2) is 17.9 Å². The summed E-state index contributed by atoms with van der Waals surface area (Å²) in [5.41, 5.74) is 9.68. The summed E-state index contributed by atoms with van der Waals surface area (Å²) < 4.78 is 0. The summed E-state index contributed by atoms with van der Waals surface area (Å²) in [6, 6.07) is -0.613. The van der Waals surface area contributed by atoms with E-state index in [0.717, 1.165) is 0 Å². The van der Waals surface area contributed by atoms with Crippen molar-refractivity contribution in [3.05, 3.63) is 0 Å². The van der Waals surface area contributed by atoms with Crippen LogP contribution in [0.15, 0.2) is 0 Å². The van der Waals surface area contributed by atoms with Gasteiger partial charge in [-0.1, -0.05) is 13.8 Å². The molecule has 0 fully saturated rings. The number of hydrazine groups is 1. The zero-order valence-electron chi connectivity index (χ0n) is 7.55. The molecule has 0 rings (SSSR count). The number of carbonyl (C=O) groups excluding carboxylic acids is 2. The Hall–Kier alpha value is -1.10. The van der Waals surface area contributed by atoms with E-state index in [0.29, 0.717) is 0 Å². The molecule has 0 aliphatic rings. The standard InChI is InChI=1S/C7H15N3O2/c1-4(2)6(11)9-10-7(12)5(3)8/h4-5H,8H2,1-3H3,(H,9,11)(H,10,12)/t5-/m0/s1. The molecule has 0 aromatic rings. The lowest BCUT2D eigenvalue weighted by Crippen LogP contribution is -2.49. The Morgan fingerprint density at radius 3 is 1.83 bits per heavy atom. The molecular formula is C7H15N3O2. The third-order valence-corrected chi connectivity index (χ3v) is 1.25. The second kappa shape index (κ2) is 4.71. The monoisotopic (exact) mass is 173 g/mol. The Morgan fingerprint density at radius 1 is 1.08 bits per heavy atom. The second-order valence-electron chi connectivity index (χ2n) is 2.92. The van der Waals surface area contributed by atoms with Gasteiger partial charge < -0.3 is 5.73 Å². The molecule has 0 bridgehead atoms. The van der Waals surface area contributed by atoms with E-state index in [9.17, 15) is 9.59 Å². The van der Waals surface area contributed by atoms with Gasteiger partial charge in [0.1, 0.15) is 0 Å². The first-order valence-corrected chi connectivity index (χ1v) is 3.80. The number of hydrogen-bond donors (Lipinski definition) is 3. The number of amides is 2. The highest BCUT2D eigenvalue weighted by Gasteiger charge is 2.10. The summed E-state index contributed by atoms with van der Waals surface area (Å²) >= 11 is 0. The van der Waals surface area contributed by atoms with Crippen molar-refractivity contribution < 1.29 is 9.59 Å². The Labute approximate surface area is 71.7 Å². The van der Waals surface area contributed by atoms with Gasteiger partial charge in [0.05, 0.1) is 6.04 Å². The summed E-state index contributed by atoms with van der Waals surface area (Å²) in [4.78, 5) is 21.7. The van der Waals surface area contributed by atoms with Crippen LogP contribution in [0.3, 0.4) is 0 Å². The number of rotatable bonds is 2. The Bertz CT molecular complexity index is 157. The average Bonchev–Trinajstić information content (AvgIpc) is 1.98. The predicted octanol–water partition coefficient (Wildman–Crippen LogP) is -0.863. The van der Waals surface area contributed by atoms with E-state index >= 15 is 0 Å². The van der Waals surface area contributed by atoms with Crippen molar-refractivity contribution in [3.63, 3.8) is 0 Å². The molecule has 5 nitrogen and oxygen atoms in total. The van der Waals surface area contributed by atoms with Crippen LogP contribution >= 0.6 is 0 Å². The fourth-order valence-electron chi connectivity index (χ4n) is 0.381. The van der Waals surface area contributed by atoms with Gasteiger partial charge in [-0.3, -0.25) is 20.4 Å². The van der Waals surface area contributed by atoms with Gasteiger partial charge in [0.2, 0.25) is 5.91 Å². The Kier molecular flexibility index (Phi) is 4.28. The molecule has 12 heavy (non-hydrogen) atoms. The van der Waals surface area contributed by atoms with Gasteiger partial charge in [-0.05, 0) is 6.92 Å². The molecule has 0 saturated carbocycles. The van der Waals surface area contributed by atoms with E-state index in [1.807, 2.05) is 0 Å². The minimum atomic E-state index is -0.613. The van der Waals surface area contributed by atoms with Crippen molar-refractivity contribution in [1.29, 1.82) is 0 Å². The quantitative estimate of drug-likeness (QED) is 0.475. The van der Waals surface area contributed by atoms with E-state index in [1.54, 1.807) is 13.8 Å². The largest absolute Gasteiger partial charge is 0.320 e. The van der Waals surface area contributed by atoms with Crippen molar-refractivity contribution >= 4 is 11.8 Å². The van der Waals surface area contributed by atoms with Crippen LogP contribution in [0.4, 0.5) is 0 Å². The third-order valence-electron chi connectivity index (χ3n) is 1.25. The summed E-state index contributed by atoms with van der Waals surface area (Å²) in [6.07, 6.45) is 0. The minimum absolute atomic E-state index is 0.154. The predicted molar refractivity (Wildman–Crippen MR) is 44.8 cm³/mol. The Balaban J connectivity index is 3.69. The summed E-state index contributed by atoms with van der Waals surface area (Å²) in [7, 11) is 0. The molecule has 0 heterocycles. The maximum atomic E-state index is 10.9. The van der Waals surface area contributed by atoms with Crippen LogP contribution in [-0.2, 0) is 9.59 Å². The molecule has 0 unspecified atom stereocenters. The van der Waals surface area contributed by atoms with Gasteiger partial charge in [-0.25, -0.2) is 0 Å². The maximum absolute atomic E-state index is 10.9. The summed E-state index contributed by atoms with van der Waals surface area (Å²) in [6.45, 7) is 5.00. The van der Waals surface area contributed by atoms with E-state index in [-0.39, 0.29) is 11.8 Å². The van der Waals surface area contributed by atoms with E-state index in [4.69, 9.17) is 5.73 Å². The van der Waals surface area contributed by atoms with E-state index < -0.39 is 11.9 Å². The van der Waals surface area contributed by atoms with Gasteiger partial charge in [0.15, 0.2) is 0 Å². The van der Waals surface area contributed by atoms with Gasteiger partial charge in [0.25, 0.3) is 5.91 Å². The highest BCUT2D eigenvalue weighted by atomic mass is 16.2. The molecule has 0 aromatic heterocycles. The molecule has 0 spiro atoms. The first-order chi connectivity index (χ1) is 5.45. The van der Waals surface area contributed by atoms with Gasteiger partial charge in [0, 0.05) is 5.92 Å². The van der Waals surface area contributed by atoms with Gasteiger partial charge >= 0.3 is 0 Å². The average molecular weight is 173 g/mol. The highest BCUT2D eigenvalue weighted by molar-refractivity contribution is 5.85. The fourth-order valence-corrected chi connectivity index (χ4v) is 0.381. The summed E-state index contributed by atoms with van der Waals surface area (Å²) in [5.74, 6) is -0.786. The lowest BCUT2D eigenvalue weighted by molar-refractivity contribution is -0.130. The molecule has 0 aliphatic carbocycles. The van der Waals surface area contributed by atoms with Crippen molar-refractivity contribution in [2.24, 2.45) is 11.7 Å². The zero-order chi connectivity index (χ0) is 9.72. The molecule has 0 aromatic carbocycles. The normalized spacial score (nSPS) is 12.4. The smallest absolute Gasteiger partial charge is 0.254 e. The highest BCUT2D eigenvalue weighted by Crippen LogP contribution is 1.88. The SMILES string of the molecule is CC(C)C(=O)NNC(=O)[C@H](C)N. The van der Waals surface area contributed by atoms with Crippen molar-refractivity contribution in [1.82, 2.24) is 10.9 Å². The van der Waals surface area contributed by atoms with Crippen molar-refractivity contribution in [2.75, 3.05) is 0 Å². The second-order valence-corrected chi connectivity index (χ2v) is 2.92. The summed E-state index contributed by atoms with van der Waals surface area (Å²) in [5, 5.41) is 0. The maximum Gasteiger partial charge on any atom is 0.254 e. The lowest BCUT2D eigenvalue weighted by atomic mass is 10.2. The number of hydrogen-bond acceptors (Lipinski definition) is 3. The van der Waals surface area contributed by atoms with E-state index in [2.05, 4.69) is 10.9 Å². The van der Waals surface area contributed by atoms with Crippen LogP contribution in [0, 0.1) is 5.92 Å². The molecule has 1 atom stereocenters. The molecule has 0 aliphatic heterocycles. The molecular weight excluding hydrogens is 158 g/mol. The third kappa shape index (κ3) is 3.92. The zero-order valence-corrected chi connectivity index (χ0v) is 7.55. The number of nitrogens with two attached hydrogens (primary N) is 1. The topological polar surface area (TPSA) is 84.2 Å². The van der Waals surface area contributed by atoms with Crippen LogP contribution in [0.25, 0.3) is 0 Å². The minimum Gasteiger partial charge on any atom is -0.320 e. The van der Waals surface area contributed by atoms with Crippen LogP contribution in [0.1, 0.15) is 20.8 Å². The molecule has 0 radical (unpaired) electrons. The van der Waals surface area contributed by atoms with Gasteiger partial charge in [-0.15, -0.1) is 0 Å². The van der Waals surface area contributed by atoms with Crippen molar-refractivity contribution in [3.8, 4) is 0 Å². The number of carbonyl (C=O) groups is 2. The van der Waals surface area contributed by atoms with Crippen LogP contribution < -0.4 is 16.6 Å². The number of nitrogens with one attached hydrogen (secondary N) is 2. The molecule has 70 valence electrons.